The van der Waals surface area contributed by atoms with Gasteiger partial charge in [0.25, 0.3) is 0 Å². The lowest BCUT2D eigenvalue weighted by atomic mass is 10.1. The molecule has 0 aliphatic rings. The van der Waals surface area contributed by atoms with E-state index in [1.54, 1.807) is 12.1 Å². The maximum absolute atomic E-state index is 11.8. The molecule has 3 nitrogen and oxygen atoms in total. The largest absolute Gasteiger partial charge is 0.417 e. The van der Waals surface area contributed by atoms with Crippen LogP contribution in [-0.2, 0) is 0 Å². The standard InChI is InChI=1S/C15H13Cl2NO2/c1-9-4-3-5-14(10(9)2)18-15(19)20-11-6-7-12(16)13(17)8-11/h3-8H,1-2H3,(H,18,19). The van der Waals surface area contributed by atoms with Crippen LogP contribution in [0.25, 0.3) is 0 Å². The average Bonchev–Trinajstić information content (AvgIpc) is 2.39. The Morgan fingerprint density at radius 1 is 1.10 bits per heavy atom. The number of aryl methyl sites for hydroxylation is 1. The Kier molecular flexibility index (Phi) is 4.53. The fraction of sp³-hybridized carbons (Fsp3) is 0.133. The fourth-order valence-corrected chi connectivity index (χ4v) is 1.96. The van der Waals surface area contributed by atoms with Crippen molar-refractivity contribution in [2.75, 3.05) is 5.32 Å². The predicted molar refractivity (Wildman–Crippen MR) is 82.0 cm³/mol. The van der Waals surface area contributed by atoms with Crippen LogP contribution in [0.15, 0.2) is 36.4 Å². The van der Waals surface area contributed by atoms with Crippen LogP contribution >= 0.6 is 23.2 Å². The smallest absolute Gasteiger partial charge is 0.410 e. The second kappa shape index (κ2) is 6.16. The quantitative estimate of drug-likeness (QED) is 0.825. The van der Waals surface area contributed by atoms with Crippen molar-refractivity contribution in [1.82, 2.24) is 0 Å². The van der Waals surface area contributed by atoms with Crippen molar-refractivity contribution in [3.05, 3.63) is 57.6 Å². The maximum Gasteiger partial charge on any atom is 0.417 e. The van der Waals surface area contributed by atoms with E-state index in [0.29, 0.717) is 15.8 Å². The first-order valence-electron chi connectivity index (χ1n) is 5.97. The maximum atomic E-state index is 11.8. The Balaban J connectivity index is 2.09. The molecule has 1 N–H and O–H groups in total. The van der Waals surface area contributed by atoms with Crippen molar-refractivity contribution in [1.29, 1.82) is 0 Å². The number of amides is 1. The van der Waals surface area contributed by atoms with Gasteiger partial charge >= 0.3 is 6.09 Å². The lowest BCUT2D eigenvalue weighted by Gasteiger charge is -2.10. The zero-order chi connectivity index (χ0) is 14.7. The fourth-order valence-electron chi connectivity index (χ4n) is 1.67. The molecule has 104 valence electrons. The zero-order valence-electron chi connectivity index (χ0n) is 11.0. The van der Waals surface area contributed by atoms with Crippen LogP contribution in [0.2, 0.25) is 10.0 Å². The molecule has 0 aliphatic carbocycles. The molecule has 1 amide bonds. The van der Waals surface area contributed by atoms with E-state index in [1.807, 2.05) is 32.0 Å². The lowest BCUT2D eigenvalue weighted by Crippen LogP contribution is -2.17. The highest BCUT2D eigenvalue weighted by atomic mass is 35.5. The summed E-state index contributed by atoms with van der Waals surface area (Å²) in [6.07, 6.45) is -0.572. The van der Waals surface area contributed by atoms with Crippen molar-refractivity contribution in [2.24, 2.45) is 0 Å². The van der Waals surface area contributed by atoms with Gasteiger partial charge in [0.15, 0.2) is 0 Å². The van der Waals surface area contributed by atoms with Gasteiger partial charge in [-0.2, -0.15) is 0 Å². The van der Waals surface area contributed by atoms with Gasteiger partial charge in [-0.3, -0.25) is 5.32 Å². The molecule has 0 spiro atoms. The average molecular weight is 310 g/mol. The molecule has 0 saturated carbocycles. The molecule has 0 atom stereocenters. The molecule has 0 heterocycles. The minimum absolute atomic E-state index is 0.335. The summed E-state index contributed by atoms with van der Waals surface area (Å²) in [7, 11) is 0. The number of hydrogen-bond donors (Lipinski definition) is 1. The molecule has 0 aliphatic heterocycles. The molecule has 0 unspecified atom stereocenters. The van der Waals surface area contributed by atoms with E-state index in [2.05, 4.69) is 5.32 Å². The monoisotopic (exact) mass is 309 g/mol. The van der Waals surface area contributed by atoms with Crippen molar-refractivity contribution < 1.29 is 9.53 Å². The topological polar surface area (TPSA) is 38.3 Å². The van der Waals surface area contributed by atoms with Gasteiger partial charge in [0.05, 0.1) is 10.0 Å². The van der Waals surface area contributed by atoms with E-state index in [1.165, 1.54) is 6.07 Å². The van der Waals surface area contributed by atoms with E-state index < -0.39 is 6.09 Å². The van der Waals surface area contributed by atoms with E-state index in [-0.39, 0.29) is 0 Å². The molecular formula is C15H13Cl2NO2. The summed E-state index contributed by atoms with van der Waals surface area (Å²) in [6.45, 7) is 3.91. The molecule has 5 heteroatoms. The highest BCUT2D eigenvalue weighted by Gasteiger charge is 2.09. The van der Waals surface area contributed by atoms with Gasteiger partial charge < -0.3 is 4.74 Å². The van der Waals surface area contributed by atoms with Gasteiger partial charge in [-0.1, -0.05) is 35.3 Å². The number of carbonyl (C=O) groups is 1. The molecule has 2 rings (SSSR count). The third kappa shape index (κ3) is 3.44. The van der Waals surface area contributed by atoms with Crippen LogP contribution in [0, 0.1) is 13.8 Å². The number of ether oxygens (including phenoxy) is 1. The number of rotatable bonds is 2. The molecule has 0 saturated heterocycles. The van der Waals surface area contributed by atoms with Crippen LogP contribution < -0.4 is 10.1 Å². The first kappa shape index (κ1) is 14.7. The molecule has 0 radical (unpaired) electrons. The number of carbonyl (C=O) groups excluding carboxylic acids is 1. The Morgan fingerprint density at radius 2 is 1.85 bits per heavy atom. The Hall–Kier alpha value is -1.71. The van der Waals surface area contributed by atoms with Crippen molar-refractivity contribution >= 4 is 35.0 Å². The van der Waals surface area contributed by atoms with Crippen molar-refractivity contribution in [3.63, 3.8) is 0 Å². The molecule has 20 heavy (non-hydrogen) atoms. The van der Waals surface area contributed by atoms with Crippen LogP contribution in [-0.4, -0.2) is 6.09 Å². The van der Waals surface area contributed by atoms with Crippen LogP contribution in [0.4, 0.5) is 10.5 Å². The normalized spacial score (nSPS) is 10.2. The molecular weight excluding hydrogens is 297 g/mol. The summed E-state index contributed by atoms with van der Waals surface area (Å²) < 4.78 is 5.16. The van der Waals surface area contributed by atoms with Crippen LogP contribution in [0.1, 0.15) is 11.1 Å². The van der Waals surface area contributed by atoms with E-state index in [0.717, 1.165) is 16.8 Å². The van der Waals surface area contributed by atoms with E-state index >= 15 is 0 Å². The lowest BCUT2D eigenvalue weighted by molar-refractivity contribution is 0.215. The summed E-state index contributed by atoms with van der Waals surface area (Å²) in [6, 6.07) is 10.3. The second-order valence-electron chi connectivity index (χ2n) is 4.34. The number of hydrogen-bond acceptors (Lipinski definition) is 2. The number of anilines is 1. The number of benzene rings is 2. The second-order valence-corrected chi connectivity index (χ2v) is 5.15. The highest BCUT2D eigenvalue weighted by molar-refractivity contribution is 6.42. The Bertz CT molecular complexity index is 656. The van der Waals surface area contributed by atoms with Gasteiger partial charge in [0.1, 0.15) is 5.75 Å². The highest BCUT2D eigenvalue weighted by Crippen LogP contribution is 2.26. The summed E-state index contributed by atoms with van der Waals surface area (Å²) in [4.78, 5) is 11.8. The SMILES string of the molecule is Cc1cccc(NC(=O)Oc2ccc(Cl)c(Cl)c2)c1C. The summed E-state index contributed by atoms with van der Waals surface area (Å²) in [5, 5.41) is 3.44. The van der Waals surface area contributed by atoms with Gasteiger partial charge in [0, 0.05) is 11.8 Å². The van der Waals surface area contributed by atoms with Crippen LogP contribution in [0.3, 0.4) is 0 Å². The number of halogens is 2. The summed E-state index contributed by atoms with van der Waals surface area (Å²) in [5.74, 6) is 0.335. The summed E-state index contributed by atoms with van der Waals surface area (Å²) in [5.41, 5.74) is 2.81. The zero-order valence-corrected chi connectivity index (χ0v) is 12.5. The minimum atomic E-state index is -0.572. The molecule has 0 bridgehead atoms. The van der Waals surface area contributed by atoms with Gasteiger partial charge in [-0.05, 0) is 43.2 Å². The van der Waals surface area contributed by atoms with Crippen molar-refractivity contribution in [3.8, 4) is 5.75 Å². The minimum Gasteiger partial charge on any atom is -0.410 e. The van der Waals surface area contributed by atoms with Gasteiger partial charge in [-0.15, -0.1) is 0 Å². The first-order chi connectivity index (χ1) is 9.47. The van der Waals surface area contributed by atoms with Gasteiger partial charge in [0.2, 0.25) is 0 Å². The molecule has 2 aromatic carbocycles. The molecule has 0 fully saturated rings. The molecule has 2 aromatic rings. The summed E-state index contributed by atoms with van der Waals surface area (Å²) >= 11 is 11.7. The Morgan fingerprint density at radius 3 is 2.55 bits per heavy atom. The van der Waals surface area contributed by atoms with Crippen LogP contribution in [0.5, 0.6) is 5.75 Å². The Labute approximate surface area is 127 Å². The number of nitrogens with one attached hydrogen (secondary N) is 1. The van der Waals surface area contributed by atoms with Gasteiger partial charge in [-0.25, -0.2) is 4.79 Å². The molecule has 0 aromatic heterocycles. The van der Waals surface area contributed by atoms with Crippen molar-refractivity contribution in [2.45, 2.75) is 13.8 Å². The predicted octanol–water partition coefficient (Wildman–Crippen LogP) is 5.22. The van der Waals surface area contributed by atoms with E-state index in [9.17, 15) is 4.79 Å². The third-order valence-electron chi connectivity index (χ3n) is 2.94. The van der Waals surface area contributed by atoms with E-state index in [4.69, 9.17) is 27.9 Å². The first-order valence-corrected chi connectivity index (χ1v) is 6.73. The third-order valence-corrected chi connectivity index (χ3v) is 3.68.